The molecule has 1 N–H and O–H groups in total. The summed E-state index contributed by atoms with van der Waals surface area (Å²) in [5.74, 6) is 0.180. The summed E-state index contributed by atoms with van der Waals surface area (Å²) < 4.78 is 2.43. The zero-order valence-corrected chi connectivity index (χ0v) is 20.5. The lowest BCUT2D eigenvalue weighted by molar-refractivity contribution is -0.384. The van der Waals surface area contributed by atoms with Crippen LogP contribution in [0.1, 0.15) is 47.9 Å². The Kier molecular flexibility index (Phi) is 6.88. The van der Waals surface area contributed by atoms with Crippen molar-refractivity contribution in [3.63, 3.8) is 0 Å². The number of non-ortho nitro benzene ring substituents is 1. The number of aryl methyl sites for hydroxylation is 2. The van der Waals surface area contributed by atoms with Crippen molar-refractivity contribution in [2.75, 3.05) is 6.54 Å². The molecule has 6 nitrogen and oxygen atoms in total. The molecule has 1 heterocycles. The maximum atomic E-state index is 11.9. The van der Waals surface area contributed by atoms with Gasteiger partial charge in [-0.25, -0.2) is 4.31 Å². The van der Waals surface area contributed by atoms with Crippen molar-refractivity contribution in [2.24, 2.45) is 0 Å². The topological polar surface area (TPSA) is 75.5 Å². The highest BCUT2D eigenvalue weighted by Gasteiger charge is 2.39. The van der Waals surface area contributed by atoms with E-state index in [9.17, 15) is 14.9 Å². The highest BCUT2D eigenvalue weighted by molar-refractivity contribution is 7.97. The van der Waals surface area contributed by atoms with Crippen molar-refractivity contribution in [3.05, 3.63) is 105 Å². The number of rotatable bonds is 5. The van der Waals surface area contributed by atoms with Gasteiger partial charge in [-0.1, -0.05) is 48.5 Å². The Hall–Kier alpha value is -3.16. The number of nitro groups is 1. The number of carbonyl (C=O) groups excluding carboxylic acids is 1. The fourth-order valence-electron chi connectivity index (χ4n) is 5.56. The van der Waals surface area contributed by atoms with Crippen molar-refractivity contribution in [2.45, 2.75) is 55.5 Å². The minimum absolute atomic E-state index is 0.00638. The number of nitrogens with one attached hydrogen (secondary N) is 1. The molecule has 0 radical (unpaired) electrons. The van der Waals surface area contributed by atoms with Gasteiger partial charge < -0.3 is 5.32 Å². The summed E-state index contributed by atoms with van der Waals surface area (Å²) in [7, 11) is 0. The van der Waals surface area contributed by atoms with Crippen molar-refractivity contribution in [3.8, 4) is 0 Å². The lowest BCUT2D eigenvalue weighted by atomic mass is 9.78. The minimum atomic E-state index is -0.366. The van der Waals surface area contributed by atoms with Gasteiger partial charge in [-0.3, -0.25) is 14.9 Å². The van der Waals surface area contributed by atoms with Gasteiger partial charge in [-0.15, -0.1) is 0 Å². The Bertz CT molecular complexity index is 1180. The highest BCUT2D eigenvalue weighted by Crippen LogP contribution is 2.44. The number of benzene rings is 3. The molecule has 180 valence electrons. The van der Waals surface area contributed by atoms with Crippen molar-refractivity contribution in [1.82, 2.24) is 9.62 Å². The first kappa shape index (κ1) is 23.6. The fourth-order valence-corrected chi connectivity index (χ4v) is 6.62. The molecule has 1 aliphatic carbocycles. The van der Waals surface area contributed by atoms with Crippen LogP contribution in [0.5, 0.6) is 0 Å². The predicted molar refractivity (Wildman–Crippen MR) is 138 cm³/mol. The average Bonchev–Trinajstić information content (AvgIpc) is 3.02. The van der Waals surface area contributed by atoms with Gasteiger partial charge in [0.15, 0.2) is 0 Å². The molecular formula is C28H29N3O3S. The number of hydrogen-bond acceptors (Lipinski definition) is 5. The van der Waals surface area contributed by atoms with E-state index in [1.54, 1.807) is 31.0 Å². The van der Waals surface area contributed by atoms with Crippen LogP contribution in [0.25, 0.3) is 0 Å². The monoisotopic (exact) mass is 487 g/mol. The Balaban J connectivity index is 1.55. The zero-order chi connectivity index (χ0) is 24.4. The molecule has 1 fully saturated rings. The maximum Gasteiger partial charge on any atom is 0.269 e. The third-order valence-electron chi connectivity index (χ3n) is 7.10. The molecule has 1 amide bonds. The molecule has 2 atom stereocenters. The van der Waals surface area contributed by atoms with Gasteiger partial charge in [0.2, 0.25) is 5.91 Å². The van der Waals surface area contributed by atoms with Crippen LogP contribution in [0.2, 0.25) is 0 Å². The van der Waals surface area contributed by atoms with Crippen LogP contribution in [0.3, 0.4) is 0 Å². The molecule has 2 unspecified atom stereocenters. The number of amides is 1. The van der Waals surface area contributed by atoms with Gasteiger partial charge in [0.05, 0.1) is 4.92 Å². The first-order chi connectivity index (χ1) is 17.0. The summed E-state index contributed by atoms with van der Waals surface area (Å²) in [6, 6.07) is 24.6. The van der Waals surface area contributed by atoms with Crippen LogP contribution in [0.15, 0.2) is 77.7 Å². The summed E-state index contributed by atoms with van der Waals surface area (Å²) >= 11 is 1.66. The predicted octanol–water partition coefficient (Wildman–Crippen LogP) is 5.50. The first-order valence-corrected chi connectivity index (χ1v) is 12.9. The van der Waals surface area contributed by atoms with E-state index in [4.69, 9.17) is 0 Å². The number of carbonyl (C=O) groups is 1. The number of nitro benzene ring substituents is 1. The first-order valence-electron chi connectivity index (χ1n) is 12.1. The fraction of sp³-hybridized carbons (Fsp3) is 0.321. The van der Waals surface area contributed by atoms with E-state index in [0.29, 0.717) is 0 Å². The number of hydrogen-bond donors (Lipinski definition) is 1. The Morgan fingerprint density at radius 3 is 2.14 bits per heavy atom. The molecule has 2 aliphatic rings. The minimum Gasteiger partial charge on any atom is -0.354 e. The van der Waals surface area contributed by atoms with Crippen LogP contribution in [0.4, 0.5) is 5.69 Å². The second-order valence-corrected chi connectivity index (χ2v) is 10.5. The van der Waals surface area contributed by atoms with E-state index < -0.39 is 0 Å². The van der Waals surface area contributed by atoms with Crippen LogP contribution in [0, 0.1) is 10.1 Å². The number of fused-ring (bicyclic) bond motifs is 2. The molecule has 35 heavy (non-hydrogen) atoms. The van der Waals surface area contributed by atoms with Gasteiger partial charge in [0.1, 0.15) is 0 Å². The molecule has 7 heteroatoms. The van der Waals surface area contributed by atoms with Gasteiger partial charge in [-0.2, -0.15) is 0 Å². The lowest BCUT2D eigenvalue weighted by Crippen LogP contribution is -2.49. The van der Waals surface area contributed by atoms with Crippen molar-refractivity contribution >= 4 is 23.5 Å². The lowest BCUT2D eigenvalue weighted by Gasteiger charge is -2.43. The van der Waals surface area contributed by atoms with E-state index in [0.717, 1.165) is 37.1 Å². The third kappa shape index (κ3) is 5.11. The SMILES string of the molecule is CC(=O)NC1CCN(Sc2ccc([N+](=O)[O-])cc2)C(C2c3ccccc3CCc3ccccc32)C1. The summed E-state index contributed by atoms with van der Waals surface area (Å²) in [6.45, 7) is 2.40. The van der Waals surface area contributed by atoms with Crippen LogP contribution in [-0.4, -0.2) is 33.8 Å². The van der Waals surface area contributed by atoms with Gasteiger partial charge in [-0.05, 0) is 72.0 Å². The van der Waals surface area contributed by atoms with Crippen molar-refractivity contribution < 1.29 is 9.72 Å². The highest BCUT2D eigenvalue weighted by atomic mass is 32.2. The second-order valence-electron chi connectivity index (χ2n) is 9.35. The smallest absolute Gasteiger partial charge is 0.269 e. The molecule has 3 aromatic rings. The quantitative estimate of drug-likeness (QED) is 0.292. The summed E-state index contributed by atoms with van der Waals surface area (Å²) in [5, 5.41) is 14.3. The van der Waals surface area contributed by atoms with E-state index >= 15 is 0 Å². The Morgan fingerprint density at radius 2 is 1.57 bits per heavy atom. The van der Waals surface area contributed by atoms with Gasteiger partial charge >= 0.3 is 0 Å². The number of nitrogens with zero attached hydrogens (tertiary/aromatic N) is 2. The maximum absolute atomic E-state index is 11.9. The molecule has 1 saturated heterocycles. The zero-order valence-electron chi connectivity index (χ0n) is 19.7. The van der Waals surface area contributed by atoms with E-state index in [-0.39, 0.29) is 34.5 Å². The van der Waals surface area contributed by atoms with Gasteiger partial charge in [0.25, 0.3) is 5.69 Å². The molecular weight excluding hydrogens is 458 g/mol. The van der Waals surface area contributed by atoms with Crippen LogP contribution >= 0.6 is 11.9 Å². The average molecular weight is 488 g/mol. The molecule has 0 aromatic heterocycles. The van der Waals surface area contributed by atoms with Crippen molar-refractivity contribution in [1.29, 1.82) is 0 Å². The second kappa shape index (κ2) is 10.2. The van der Waals surface area contributed by atoms with Gasteiger partial charge in [0, 0.05) is 48.5 Å². The molecule has 0 bridgehead atoms. The summed E-state index contributed by atoms with van der Waals surface area (Å²) in [6.07, 6.45) is 3.74. The molecule has 0 spiro atoms. The molecule has 1 aliphatic heterocycles. The summed E-state index contributed by atoms with van der Waals surface area (Å²) in [4.78, 5) is 23.6. The molecule has 3 aromatic carbocycles. The third-order valence-corrected chi connectivity index (χ3v) is 8.27. The Labute approximate surface area is 210 Å². The largest absolute Gasteiger partial charge is 0.354 e. The van der Waals surface area contributed by atoms with E-state index in [1.165, 1.54) is 22.3 Å². The normalized spacial score (nSPS) is 20.4. The van der Waals surface area contributed by atoms with E-state index in [1.807, 2.05) is 12.1 Å². The Morgan fingerprint density at radius 1 is 0.971 bits per heavy atom. The van der Waals surface area contributed by atoms with Crippen LogP contribution < -0.4 is 5.32 Å². The number of piperidine rings is 1. The van der Waals surface area contributed by atoms with Crippen LogP contribution in [-0.2, 0) is 17.6 Å². The summed E-state index contributed by atoms with van der Waals surface area (Å²) in [5.41, 5.74) is 5.59. The molecule has 0 saturated carbocycles. The standard InChI is InChI=1S/C28H29N3O3S/c1-19(32)29-22-16-17-30(35-24-14-12-23(13-15-24)31(33)34)27(18-22)28-25-8-4-2-6-20(25)10-11-21-7-3-5-9-26(21)28/h2-9,12-15,22,27-28H,10-11,16-18H2,1H3,(H,29,32). The van der Waals surface area contributed by atoms with E-state index in [2.05, 4.69) is 58.2 Å². The molecule has 5 rings (SSSR count).